The van der Waals surface area contributed by atoms with Crippen LogP contribution >= 0.6 is 0 Å². The van der Waals surface area contributed by atoms with Crippen LogP contribution in [-0.2, 0) is 0 Å². The molecule has 0 radical (unpaired) electrons. The molecule has 126 valence electrons. The fraction of sp³-hybridized carbons (Fsp3) is 0.294. The fourth-order valence-electron chi connectivity index (χ4n) is 2.56. The standard InChI is InChI=1S/C17H18F2N4O/c1-22-4-6-23(7-5-22)17(24)12-8-14(11-20-10-12)21-13-2-3-15(18)16(19)9-13/h2-3,8-11,21H,4-7H2,1H3. The number of hydrogen-bond acceptors (Lipinski definition) is 4. The lowest BCUT2D eigenvalue weighted by molar-refractivity contribution is 0.0663. The number of carbonyl (C=O) groups excluding carboxylic acids is 1. The highest BCUT2D eigenvalue weighted by atomic mass is 19.2. The third kappa shape index (κ3) is 3.68. The van der Waals surface area contributed by atoms with Crippen LogP contribution in [0.2, 0.25) is 0 Å². The fourth-order valence-corrected chi connectivity index (χ4v) is 2.56. The van der Waals surface area contributed by atoms with Crippen LogP contribution in [0.4, 0.5) is 20.2 Å². The average Bonchev–Trinajstić information content (AvgIpc) is 2.58. The zero-order valence-corrected chi connectivity index (χ0v) is 13.3. The van der Waals surface area contributed by atoms with Crippen LogP contribution in [-0.4, -0.2) is 53.9 Å². The third-order valence-electron chi connectivity index (χ3n) is 3.98. The maximum Gasteiger partial charge on any atom is 0.255 e. The Morgan fingerprint density at radius 2 is 1.79 bits per heavy atom. The van der Waals surface area contributed by atoms with E-state index in [0.29, 0.717) is 30.0 Å². The first-order chi connectivity index (χ1) is 11.5. The van der Waals surface area contributed by atoms with E-state index >= 15 is 0 Å². The number of carbonyl (C=O) groups is 1. The van der Waals surface area contributed by atoms with Crippen molar-refractivity contribution >= 4 is 17.3 Å². The summed E-state index contributed by atoms with van der Waals surface area (Å²) in [6.07, 6.45) is 3.04. The van der Waals surface area contributed by atoms with Crippen LogP contribution in [0.1, 0.15) is 10.4 Å². The Balaban J connectivity index is 1.73. The van der Waals surface area contributed by atoms with Gasteiger partial charge >= 0.3 is 0 Å². The van der Waals surface area contributed by atoms with E-state index in [0.717, 1.165) is 25.2 Å². The van der Waals surface area contributed by atoms with E-state index < -0.39 is 11.6 Å². The van der Waals surface area contributed by atoms with Gasteiger partial charge in [0.15, 0.2) is 11.6 Å². The Kier molecular flexibility index (Phi) is 4.71. The van der Waals surface area contributed by atoms with Gasteiger partial charge in [-0.2, -0.15) is 0 Å². The molecule has 1 fully saturated rings. The lowest BCUT2D eigenvalue weighted by Gasteiger charge is -2.32. The quantitative estimate of drug-likeness (QED) is 0.938. The van der Waals surface area contributed by atoms with Gasteiger partial charge in [-0.25, -0.2) is 8.78 Å². The van der Waals surface area contributed by atoms with Crippen LogP contribution in [0.25, 0.3) is 0 Å². The third-order valence-corrected chi connectivity index (χ3v) is 3.98. The summed E-state index contributed by atoms with van der Waals surface area (Å²) in [5.41, 5.74) is 1.40. The number of rotatable bonds is 3. The van der Waals surface area contributed by atoms with Crippen molar-refractivity contribution in [2.45, 2.75) is 0 Å². The number of piperazine rings is 1. The minimum atomic E-state index is -0.933. The number of hydrogen-bond donors (Lipinski definition) is 1. The molecule has 0 atom stereocenters. The zero-order valence-electron chi connectivity index (χ0n) is 13.3. The van der Waals surface area contributed by atoms with Gasteiger partial charge in [0, 0.05) is 44.1 Å². The van der Waals surface area contributed by atoms with E-state index in [2.05, 4.69) is 15.2 Å². The van der Waals surface area contributed by atoms with Crippen molar-refractivity contribution < 1.29 is 13.6 Å². The molecular formula is C17H18F2N4O. The van der Waals surface area contributed by atoms with E-state index in [1.165, 1.54) is 18.5 Å². The first kappa shape index (κ1) is 16.3. The Hall–Kier alpha value is -2.54. The molecule has 1 aromatic heterocycles. The summed E-state index contributed by atoms with van der Waals surface area (Å²) in [6.45, 7) is 3.03. The molecule has 1 aromatic carbocycles. The predicted molar refractivity (Wildman–Crippen MR) is 87.3 cm³/mol. The number of likely N-dealkylation sites (N-methyl/N-ethyl adjacent to an activating group) is 1. The lowest BCUT2D eigenvalue weighted by Crippen LogP contribution is -2.47. The molecule has 5 nitrogen and oxygen atoms in total. The smallest absolute Gasteiger partial charge is 0.255 e. The zero-order chi connectivity index (χ0) is 17.1. The number of benzene rings is 1. The second-order valence-electron chi connectivity index (χ2n) is 5.81. The Bertz CT molecular complexity index is 745. The second kappa shape index (κ2) is 6.92. The molecular weight excluding hydrogens is 314 g/mol. The molecule has 1 amide bonds. The number of anilines is 2. The molecule has 3 rings (SSSR count). The topological polar surface area (TPSA) is 48.5 Å². The molecule has 0 unspecified atom stereocenters. The van der Waals surface area contributed by atoms with Crippen LogP contribution < -0.4 is 5.32 Å². The van der Waals surface area contributed by atoms with Crippen molar-refractivity contribution in [3.8, 4) is 0 Å². The Morgan fingerprint density at radius 3 is 2.50 bits per heavy atom. The van der Waals surface area contributed by atoms with E-state index in [9.17, 15) is 13.6 Å². The Labute approximate surface area is 138 Å². The summed E-state index contributed by atoms with van der Waals surface area (Å²) in [5, 5.41) is 2.93. The van der Waals surface area contributed by atoms with Crippen LogP contribution in [0, 0.1) is 11.6 Å². The molecule has 0 aliphatic carbocycles. The summed E-state index contributed by atoms with van der Waals surface area (Å²) >= 11 is 0. The van der Waals surface area contributed by atoms with Gasteiger partial charge in [0.05, 0.1) is 17.4 Å². The van der Waals surface area contributed by atoms with E-state index in [1.54, 1.807) is 11.0 Å². The van der Waals surface area contributed by atoms with E-state index in [4.69, 9.17) is 0 Å². The van der Waals surface area contributed by atoms with Crippen LogP contribution in [0.5, 0.6) is 0 Å². The van der Waals surface area contributed by atoms with Crippen molar-refractivity contribution in [3.05, 3.63) is 53.9 Å². The van der Waals surface area contributed by atoms with Crippen molar-refractivity contribution in [2.24, 2.45) is 0 Å². The predicted octanol–water partition coefficient (Wildman–Crippen LogP) is 2.49. The van der Waals surface area contributed by atoms with Gasteiger partial charge in [-0.15, -0.1) is 0 Å². The summed E-state index contributed by atoms with van der Waals surface area (Å²) in [5.74, 6) is -1.92. The monoisotopic (exact) mass is 332 g/mol. The van der Waals surface area contributed by atoms with Gasteiger partial charge in [-0.1, -0.05) is 0 Å². The Morgan fingerprint density at radius 1 is 1.04 bits per heavy atom. The van der Waals surface area contributed by atoms with Gasteiger partial charge < -0.3 is 15.1 Å². The number of nitrogens with zero attached hydrogens (tertiary/aromatic N) is 3. The van der Waals surface area contributed by atoms with Gasteiger partial charge in [-0.05, 0) is 25.2 Å². The number of halogens is 2. The molecule has 2 heterocycles. The van der Waals surface area contributed by atoms with Gasteiger partial charge in [0.25, 0.3) is 5.91 Å². The molecule has 0 spiro atoms. The largest absolute Gasteiger partial charge is 0.354 e. The second-order valence-corrected chi connectivity index (χ2v) is 5.81. The first-order valence-electron chi connectivity index (χ1n) is 7.68. The maximum absolute atomic E-state index is 13.3. The average molecular weight is 332 g/mol. The highest BCUT2D eigenvalue weighted by molar-refractivity contribution is 5.95. The molecule has 1 N–H and O–H groups in total. The molecule has 0 saturated carbocycles. The minimum Gasteiger partial charge on any atom is -0.354 e. The molecule has 2 aromatic rings. The number of amides is 1. The normalized spacial score (nSPS) is 15.4. The molecule has 24 heavy (non-hydrogen) atoms. The van der Waals surface area contributed by atoms with Gasteiger partial charge in [0.1, 0.15) is 0 Å². The maximum atomic E-state index is 13.3. The summed E-state index contributed by atoms with van der Waals surface area (Å²) < 4.78 is 26.2. The van der Waals surface area contributed by atoms with Crippen molar-refractivity contribution in [3.63, 3.8) is 0 Å². The number of aromatic nitrogens is 1. The molecule has 7 heteroatoms. The van der Waals surface area contributed by atoms with Crippen molar-refractivity contribution in [1.29, 1.82) is 0 Å². The SMILES string of the molecule is CN1CCN(C(=O)c2cncc(Nc3ccc(F)c(F)c3)c2)CC1. The molecule has 1 aliphatic heterocycles. The summed E-state index contributed by atoms with van der Waals surface area (Å²) in [4.78, 5) is 20.6. The highest BCUT2D eigenvalue weighted by Gasteiger charge is 2.20. The molecule has 1 saturated heterocycles. The number of nitrogens with one attached hydrogen (secondary N) is 1. The van der Waals surface area contributed by atoms with Gasteiger partial charge in [-0.3, -0.25) is 9.78 Å². The van der Waals surface area contributed by atoms with Crippen molar-refractivity contribution in [1.82, 2.24) is 14.8 Å². The minimum absolute atomic E-state index is 0.0791. The van der Waals surface area contributed by atoms with Crippen LogP contribution in [0.3, 0.4) is 0 Å². The first-order valence-corrected chi connectivity index (χ1v) is 7.68. The van der Waals surface area contributed by atoms with E-state index in [-0.39, 0.29) is 5.91 Å². The molecule has 1 aliphatic rings. The van der Waals surface area contributed by atoms with Crippen LogP contribution in [0.15, 0.2) is 36.7 Å². The lowest BCUT2D eigenvalue weighted by atomic mass is 10.2. The van der Waals surface area contributed by atoms with Gasteiger partial charge in [0.2, 0.25) is 0 Å². The highest BCUT2D eigenvalue weighted by Crippen LogP contribution is 2.20. The van der Waals surface area contributed by atoms with Crippen molar-refractivity contribution in [2.75, 3.05) is 38.5 Å². The summed E-state index contributed by atoms with van der Waals surface area (Å²) in [6, 6.07) is 5.19. The van der Waals surface area contributed by atoms with E-state index in [1.807, 2.05) is 7.05 Å². The number of pyridine rings is 1. The molecule has 0 bridgehead atoms. The summed E-state index contributed by atoms with van der Waals surface area (Å²) in [7, 11) is 2.02.